The Morgan fingerprint density at radius 3 is 2.93 bits per heavy atom. The fourth-order valence-corrected chi connectivity index (χ4v) is 4.69. The molecule has 0 aliphatic carbocycles. The zero-order valence-electron chi connectivity index (χ0n) is 14.7. The number of nitrogens with one attached hydrogen (secondary N) is 2. The van der Waals surface area contributed by atoms with Gasteiger partial charge in [-0.05, 0) is 52.8 Å². The summed E-state index contributed by atoms with van der Waals surface area (Å²) in [6.45, 7) is 0.448. The highest BCUT2D eigenvalue weighted by molar-refractivity contribution is 7.99. The molecule has 3 heterocycles. The van der Waals surface area contributed by atoms with E-state index in [2.05, 4.69) is 10.6 Å². The molecular weight excluding hydrogens is 382 g/mol. The van der Waals surface area contributed by atoms with Gasteiger partial charge in [0.25, 0.3) is 5.91 Å². The molecule has 4 rings (SSSR count). The van der Waals surface area contributed by atoms with Gasteiger partial charge < -0.3 is 15.5 Å². The molecule has 3 amide bonds. The van der Waals surface area contributed by atoms with Crippen molar-refractivity contribution in [2.45, 2.75) is 18.5 Å². The van der Waals surface area contributed by atoms with E-state index in [0.717, 1.165) is 11.1 Å². The van der Waals surface area contributed by atoms with Gasteiger partial charge in [-0.15, -0.1) is 0 Å². The van der Waals surface area contributed by atoms with E-state index in [1.807, 2.05) is 35.2 Å². The molecule has 1 saturated heterocycles. The number of fused-ring (bicyclic) bond motifs is 2. The predicted octanol–water partition coefficient (Wildman–Crippen LogP) is 2.43. The Kier molecular flexibility index (Phi) is 4.92. The first kappa shape index (κ1) is 18.1. The van der Waals surface area contributed by atoms with E-state index < -0.39 is 6.04 Å². The van der Waals surface area contributed by atoms with Crippen molar-refractivity contribution in [3.63, 3.8) is 0 Å². The van der Waals surface area contributed by atoms with Gasteiger partial charge in [-0.3, -0.25) is 14.4 Å². The van der Waals surface area contributed by atoms with Crippen LogP contribution < -0.4 is 10.6 Å². The van der Waals surface area contributed by atoms with Crippen LogP contribution in [0.2, 0.25) is 0 Å². The molecule has 2 aliphatic rings. The third kappa shape index (κ3) is 3.35. The molecule has 2 N–H and O–H groups in total. The number of hydrogen-bond donors (Lipinski definition) is 2. The fourth-order valence-electron chi connectivity index (χ4n) is 3.67. The molecule has 1 fully saturated rings. The van der Waals surface area contributed by atoms with E-state index >= 15 is 0 Å². The number of carbonyl (C=O) groups is 3. The summed E-state index contributed by atoms with van der Waals surface area (Å²) in [4.78, 5) is 39.5. The third-order valence-electron chi connectivity index (χ3n) is 4.91. The Morgan fingerprint density at radius 2 is 2.19 bits per heavy atom. The van der Waals surface area contributed by atoms with Crippen molar-refractivity contribution >= 4 is 46.5 Å². The van der Waals surface area contributed by atoms with Gasteiger partial charge in [0.2, 0.25) is 11.8 Å². The summed E-state index contributed by atoms with van der Waals surface area (Å²) in [6, 6.07) is 6.48. The minimum Gasteiger partial charge on any atom is -0.350 e. The van der Waals surface area contributed by atoms with Gasteiger partial charge in [0.1, 0.15) is 6.04 Å². The summed E-state index contributed by atoms with van der Waals surface area (Å²) in [7, 11) is 0. The van der Waals surface area contributed by atoms with Crippen molar-refractivity contribution in [1.82, 2.24) is 10.2 Å². The SMILES string of the molecule is CSCC(=O)NC1CCN2C(=O)c3cc(-c4ccsc4)ccc3NC(=O)C12. The topological polar surface area (TPSA) is 78.5 Å². The van der Waals surface area contributed by atoms with Crippen LogP contribution in [0, 0.1) is 0 Å². The molecule has 2 unspecified atom stereocenters. The molecule has 8 heteroatoms. The van der Waals surface area contributed by atoms with Crippen LogP contribution in [-0.4, -0.2) is 53.3 Å². The smallest absolute Gasteiger partial charge is 0.256 e. The highest BCUT2D eigenvalue weighted by Crippen LogP contribution is 2.32. The highest BCUT2D eigenvalue weighted by atomic mass is 32.2. The minimum atomic E-state index is -0.680. The monoisotopic (exact) mass is 401 g/mol. The lowest BCUT2D eigenvalue weighted by atomic mass is 10.0. The average molecular weight is 402 g/mol. The highest BCUT2D eigenvalue weighted by Gasteiger charge is 2.45. The Balaban J connectivity index is 1.64. The lowest BCUT2D eigenvalue weighted by Gasteiger charge is -2.24. The Bertz CT molecular complexity index is 898. The molecule has 2 aromatic rings. The summed E-state index contributed by atoms with van der Waals surface area (Å²) in [5.74, 6) is -0.205. The van der Waals surface area contributed by atoms with Crippen LogP contribution in [-0.2, 0) is 9.59 Å². The number of rotatable bonds is 4. The summed E-state index contributed by atoms with van der Waals surface area (Å²) >= 11 is 3.02. The Morgan fingerprint density at radius 1 is 1.33 bits per heavy atom. The van der Waals surface area contributed by atoms with Crippen molar-refractivity contribution < 1.29 is 14.4 Å². The van der Waals surface area contributed by atoms with Crippen molar-refractivity contribution in [3.8, 4) is 11.1 Å². The molecule has 1 aromatic heterocycles. The Labute approximate surface area is 165 Å². The maximum atomic E-state index is 13.2. The van der Waals surface area contributed by atoms with Crippen LogP contribution in [0.4, 0.5) is 5.69 Å². The van der Waals surface area contributed by atoms with Crippen molar-refractivity contribution in [3.05, 3.63) is 40.6 Å². The van der Waals surface area contributed by atoms with Crippen molar-refractivity contribution in [2.75, 3.05) is 23.9 Å². The fraction of sp³-hybridized carbons (Fsp3) is 0.316. The first-order chi connectivity index (χ1) is 13.1. The van der Waals surface area contributed by atoms with Crippen LogP contribution >= 0.6 is 23.1 Å². The van der Waals surface area contributed by atoms with Gasteiger partial charge in [0.15, 0.2) is 0 Å². The first-order valence-electron chi connectivity index (χ1n) is 8.65. The number of thiophene rings is 1. The molecule has 27 heavy (non-hydrogen) atoms. The lowest BCUT2D eigenvalue weighted by molar-refractivity contribution is -0.122. The largest absolute Gasteiger partial charge is 0.350 e. The molecule has 0 radical (unpaired) electrons. The van der Waals surface area contributed by atoms with Crippen LogP contribution in [0.1, 0.15) is 16.8 Å². The molecule has 0 saturated carbocycles. The number of nitrogens with zero attached hydrogens (tertiary/aromatic N) is 1. The second-order valence-corrected chi connectivity index (χ2v) is 8.25. The number of thioether (sulfide) groups is 1. The molecule has 2 atom stereocenters. The number of carbonyl (C=O) groups excluding carboxylic acids is 3. The summed E-state index contributed by atoms with van der Waals surface area (Å²) in [6.07, 6.45) is 2.42. The molecular formula is C19H19N3O3S2. The van der Waals surface area contributed by atoms with Gasteiger partial charge in [0, 0.05) is 6.54 Å². The number of hydrogen-bond acceptors (Lipinski definition) is 5. The van der Waals surface area contributed by atoms with Crippen LogP contribution in [0.5, 0.6) is 0 Å². The van der Waals surface area contributed by atoms with Gasteiger partial charge >= 0.3 is 0 Å². The minimum absolute atomic E-state index is 0.115. The van der Waals surface area contributed by atoms with Crippen molar-refractivity contribution in [1.29, 1.82) is 0 Å². The molecule has 140 valence electrons. The summed E-state index contributed by atoms with van der Waals surface area (Å²) in [5.41, 5.74) is 3.00. The van der Waals surface area contributed by atoms with Gasteiger partial charge in [-0.25, -0.2) is 0 Å². The Hall–Kier alpha value is -2.32. The zero-order chi connectivity index (χ0) is 19.0. The van der Waals surface area contributed by atoms with E-state index in [1.165, 1.54) is 11.8 Å². The van der Waals surface area contributed by atoms with Crippen LogP contribution in [0.3, 0.4) is 0 Å². The van der Waals surface area contributed by atoms with Gasteiger partial charge in [-0.2, -0.15) is 23.1 Å². The van der Waals surface area contributed by atoms with Crippen molar-refractivity contribution in [2.24, 2.45) is 0 Å². The number of anilines is 1. The second-order valence-electron chi connectivity index (χ2n) is 6.60. The van der Waals surface area contributed by atoms with Crippen LogP contribution in [0.25, 0.3) is 11.1 Å². The summed E-state index contributed by atoms with van der Waals surface area (Å²) < 4.78 is 0. The quantitative estimate of drug-likeness (QED) is 0.825. The normalized spacial score (nSPS) is 21.3. The predicted molar refractivity (Wildman–Crippen MR) is 108 cm³/mol. The standard InChI is InChI=1S/C19H19N3O3S2/c1-26-10-16(23)20-15-4-6-22-17(15)18(24)21-14-3-2-11(8-13(14)19(22)25)12-5-7-27-9-12/h2-3,5,7-9,15,17H,4,6,10H2,1H3,(H,20,23)(H,21,24). The molecule has 2 aliphatic heterocycles. The van der Waals surface area contributed by atoms with E-state index in [9.17, 15) is 14.4 Å². The average Bonchev–Trinajstić information content (AvgIpc) is 3.29. The maximum absolute atomic E-state index is 13.2. The third-order valence-corrected chi connectivity index (χ3v) is 6.15. The first-order valence-corrected chi connectivity index (χ1v) is 11.0. The number of amides is 3. The van der Waals surface area contributed by atoms with E-state index in [1.54, 1.807) is 22.3 Å². The second kappa shape index (κ2) is 7.36. The number of benzene rings is 1. The lowest BCUT2D eigenvalue weighted by Crippen LogP contribution is -2.51. The zero-order valence-corrected chi connectivity index (χ0v) is 16.4. The molecule has 6 nitrogen and oxygen atoms in total. The maximum Gasteiger partial charge on any atom is 0.256 e. The van der Waals surface area contributed by atoms with E-state index in [-0.39, 0.29) is 23.8 Å². The molecule has 0 bridgehead atoms. The molecule has 0 spiro atoms. The van der Waals surface area contributed by atoms with Gasteiger partial charge in [-0.1, -0.05) is 6.07 Å². The molecule has 1 aromatic carbocycles. The van der Waals surface area contributed by atoms with E-state index in [4.69, 9.17) is 0 Å². The van der Waals surface area contributed by atoms with Gasteiger partial charge in [0.05, 0.1) is 23.0 Å². The van der Waals surface area contributed by atoms with Crippen LogP contribution in [0.15, 0.2) is 35.0 Å². The summed E-state index contributed by atoms with van der Waals surface area (Å²) in [5, 5.41) is 9.80. The van der Waals surface area contributed by atoms with E-state index in [0.29, 0.717) is 30.0 Å².